The predicted octanol–water partition coefficient (Wildman–Crippen LogP) is 1.89. The maximum Gasteiger partial charge on any atom is 0.332 e. The largest absolute Gasteiger partial charge is 0.480 e. The number of esters is 1. The SMILES string of the molecule is CC(C)(C)OC(=O)[C@@H]([C@H]1N[C@@H](C(=O)O)C(C)(C)S1)N1C(=O)c2ccccc2C1=O. The van der Waals surface area contributed by atoms with Crippen LogP contribution in [0.4, 0.5) is 0 Å². The summed E-state index contributed by atoms with van der Waals surface area (Å²) in [5.41, 5.74) is -0.426. The molecule has 8 nitrogen and oxygen atoms in total. The number of amides is 2. The smallest absolute Gasteiger partial charge is 0.332 e. The van der Waals surface area contributed by atoms with Crippen molar-refractivity contribution in [1.29, 1.82) is 0 Å². The highest BCUT2D eigenvalue weighted by Gasteiger charge is 2.54. The molecular formula is C20H24N2O6S. The number of carbonyl (C=O) groups is 4. The lowest BCUT2D eigenvalue weighted by atomic mass is 10.0. The molecule has 156 valence electrons. The molecule has 0 spiro atoms. The van der Waals surface area contributed by atoms with E-state index in [0.29, 0.717) is 0 Å². The molecule has 0 aliphatic carbocycles. The molecule has 0 unspecified atom stereocenters. The Morgan fingerprint density at radius 2 is 1.69 bits per heavy atom. The quantitative estimate of drug-likeness (QED) is 0.561. The third-order valence-electron chi connectivity index (χ3n) is 4.74. The molecule has 3 atom stereocenters. The lowest BCUT2D eigenvalue weighted by Crippen LogP contribution is -2.56. The maximum absolute atomic E-state index is 13.1. The summed E-state index contributed by atoms with van der Waals surface area (Å²) < 4.78 is 4.73. The molecule has 1 aromatic rings. The van der Waals surface area contributed by atoms with E-state index in [1.54, 1.807) is 46.8 Å². The normalized spacial score (nSPS) is 24.4. The number of carboxylic acids is 1. The van der Waals surface area contributed by atoms with Crippen molar-refractivity contribution in [1.82, 2.24) is 10.2 Å². The molecule has 2 aliphatic heterocycles. The van der Waals surface area contributed by atoms with Crippen LogP contribution in [-0.2, 0) is 14.3 Å². The van der Waals surface area contributed by atoms with Crippen molar-refractivity contribution in [2.75, 3.05) is 0 Å². The summed E-state index contributed by atoms with van der Waals surface area (Å²) in [6.45, 7) is 8.52. The molecule has 1 aromatic carbocycles. The summed E-state index contributed by atoms with van der Waals surface area (Å²) in [5, 5.41) is 11.6. The third kappa shape index (κ3) is 3.89. The molecule has 1 fully saturated rings. The van der Waals surface area contributed by atoms with Gasteiger partial charge in [-0.25, -0.2) is 4.79 Å². The van der Waals surface area contributed by atoms with Crippen LogP contribution < -0.4 is 5.32 Å². The minimum absolute atomic E-state index is 0.211. The number of thioether (sulfide) groups is 1. The van der Waals surface area contributed by atoms with Crippen molar-refractivity contribution < 1.29 is 29.0 Å². The first-order valence-corrected chi connectivity index (χ1v) is 10.1. The fourth-order valence-electron chi connectivity index (χ4n) is 3.51. The van der Waals surface area contributed by atoms with Crippen molar-refractivity contribution in [2.45, 2.75) is 62.4 Å². The molecule has 2 N–H and O–H groups in total. The second-order valence-corrected chi connectivity index (χ2v) is 10.4. The van der Waals surface area contributed by atoms with Crippen LogP contribution in [0, 0.1) is 0 Å². The van der Waals surface area contributed by atoms with Crippen molar-refractivity contribution >= 4 is 35.5 Å². The van der Waals surface area contributed by atoms with Crippen LogP contribution in [0.1, 0.15) is 55.3 Å². The van der Waals surface area contributed by atoms with Crippen molar-refractivity contribution in [2.24, 2.45) is 0 Å². The van der Waals surface area contributed by atoms with Gasteiger partial charge in [0.2, 0.25) is 0 Å². The van der Waals surface area contributed by atoms with Crippen LogP contribution in [-0.4, -0.2) is 61.6 Å². The number of carbonyl (C=O) groups excluding carboxylic acids is 3. The Kier molecular flexibility index (Phi) is 5.25. The summed E-state index contributed by atoms with van der Waals surface area (Å²) in [5.74, 6) is -3.03. The van der Waals surface area contributed by atoms with Crippen molar-refractivity contribution in [3.05, 3.63) is 35.4 Å². The number of hydrogen-bond donors (Lipinski definition) is 2. The van der Waals surface area contributed by atoms with E-state index in [-0.39, 0.29) is 11.1 Å². The number of rotatable bonds is 4. The number of benzene rings is 1. The summed E-state index contributed by atoms with van der Waals surface area (Å²) in [4.78, 5) is 51.7. The average molecular weight is 420 g/mol. The zero-order chi connectivity index (χ0) is 21.7. The minimum atomic E-state index is -1.31. The fourth-order valence-corrected chi connectivity index (χ4v) is 5.03. The molecule has 0 radical (unpaired) electrons. The molecule has 0 saturated carbocycles. The van der Waals surface area contributed by atoms with Gasteiger partial charge in [0, 0.05) is 4.75 Å². The van der Waals surface area contributed by atoms with Crippen LogP contribution in [0.2, 0.25) is 0 Å². The number of hydrogen-bond acceptors (Lipinski definition) is 7. The van der Waals surface area contributed by atoms with Gasteiger partial charge in [0.05, 0.1) is 16.5 Å². The van der Waals surface area contributed by atoms with Gasteiger partial charge in [-0.05, 0) is 46.8 Å². The molecule has 0 aromatic heterocycles. The summed E-state index contributed by atoms with van der Waals surface area (Å²) in [6, 6.07) is 4.07. The average Bonchev–Trinajstić information content (AvgIpc) is 3.03. The Balaban J connectivity index is 2.02. The van der Waals surface area contributed by atoms with Gasteiger partial charge < -0.3 is 9.84 Å². The number of carboxylic acid groups (broad SMARTS) is 1. The molecule has 2 amide bonds. The summed E-state index contributed by atoms with van der Waals surface area (Å²) in [7, 11) is 0. The van der Waals surface area contributed by atoms with Crippen LogP contribution in [0.15, 0.2) is 24.3 Å². The Morgan fingerprint density at radius 1 is 1.17 bits per heavy atom. The first-order chi connectivity index (χ1) is 13.3. The molecule has 9 heteroatoms. The number of ether oxygens (including phenoxy) is 1. The number of nitrogens with zero attached hydrogens (tertiary/aromatic N) is 1. The lowest BCUT2D eigenvalue weighted by molar-refractivity contribution is -0.160. The lowest BCUT2D eigenvalue weighted by Gasteiger charge is -2.32. The second kappa shape index (κ2) is 7.14. The van der Waals surface area contributed by atoms with Crippen molar-refractivity contribution in [3.63, 3.8) is 0 Å². The molecule has 29 heavy (non-hydrogen) atoms. The molecule has 1 saturated heterocycles. The second-order valence-electron chi connectivity index (χ2n) is 8.58. The zero-order valence-corrected chi connectivity index (χ0v) is 17.7. The Morgan fingerprint density at radius 3 is 2.10 bits per heavy atom. The summed E-state index contributed by atoms with van der Waals surface area (Å²) >= 11 is 1.20. The van der Waals surface area contributed by atoms with Gasteiger partial charge in [-0.1, -0.05) is 12.1 Å². The molecule has 3 rings (SSSR count). The first-order valence-electron chi connectivity index (χ1n) is 9.20. The van der Waals surface area contributed by atoms with E-state index >= 15 is 0 Å². The number of imide groups is 1. The predicted molar refractivity (Wildman–Crippen MR) is 107 cm³/mol. The topological polar surface area (TPSA) is 113 Å². The van der Waals surface area contributed by atoms with E-state index in [4.69, 9.17) is 4.74 Å². The zero-order valence-electron chi connectivity index (χ0n) is 16.9. The number of nitrogens with one attached hydrogen (secondary N) is 1. The molecule has 2 aliphatic rings. The van der Waals surface area contributed by atoms with Gasteiger partial charge in [0.1, 0.15) is 11.6 Å². The first kappa shape index (κ1) is 21.3. The minimum Gasteiger partial charge on any atom is -0.480 e. The fraction of sp³-hybridized carbons (Fsp3) is 0.500. The van der Waals surface area contributed by atoms with E-state index in [2.05, 4.69) is 5.32 Å². The third-order valence-corrected chi connectivity index (χ3v) is 6.23. The van der Waals surface area contributed by atoms with Gasteiger partial charge in [-0.15, -0.1) is 11.8 Å². The van der Waals surface area contributed by atoms with E-state index < -0.39 is 51.6 Å². The van der Waals surface area contributed by atoms with Gasteiger partial charge in [0.25, 0.3) is 11.8 Å². The molecular weight excluding hydrogens is 396 g/mol. The highest BCUT2D eigenvalue weighted by atomic mass is 32.2. The van der Waals surface area contributed by atoms with Crippen LogP contribution in [0.25, 0.3) is 0 Å². The van der Waals surface area contributed by atoms with Gasteiger partial charge in [0.15, 0.2) is 6.04 Å². The summed E-state index contributed by atoms with van der Waals surface area (Å²) in [6.07, 6.45) is 0. The monoisotopic (exact) mass is 420 g/mol. The van der Waals surface area contributed by atoms with Crippen LogP contribution >= 0.6 is 11.8 Å². The van der Waals surface area contributed by atoms with Gasteiger partial charge in [-0.3, -0.25) is 24.6 Å². The van der Waals surface area contributed by atoms with Crippen LogP contribution in [0.3, 0.4) is 0 Å². The maximum atomic E-state index is 13.1. The Bertz CT molecular complexity index is 856. The van der Waals surface area contributed by atoms with E-state index in [1.165, 1.54) is 23.9 Å². The van der Waals surface area contributed by atoms with Gasteiger partial charge >= 0.3 is 11.9 Å². The van der Waals surface area contributed by atoms with E-state index in [9.17, 15) is 24.3 Å². The standard InChI is InChI=1S/C20H24N2O6S/c1-19(2,3)28-18(27)12(14-21-13(17(25)26)20(4,5)29-14)22-15(23)10-8-6-7-9-11(10)16(22)24/h6-9,12-14,21H,1-5H3,(H,25,26)/t12-,13+,14+/m1/s1. The van der Waals surface area contributed by atoms with Crippen LogP contribution in [0.5, 0.6) is 0 Å². The highest BCUT2D eigenvalue weighted by molar-refractivity contribution is 8.01. The highest BCUT2D eigenvalue weighted by Crippen LogP contribution is 2.42. The molecule has 0 bridgehead atoms. The van der Waals surface area contributed by atoms with Gasteiger partial charge in [-0.2, -0.15) is 0 Å². The van der Waals surface area contributed by atoms with E-state index in [1.807, 2.05) is 0 Å². The Labute approximate surface area is 173 Å². The Hall–Kier alpha value is -2.39. The number of aliphatic carboxylic acids is 1. The number of fused-ring (bicyclic) bond motifs is 1. The van der Waals surface area contributed by atoms with Crippen molar-refractivity contribution in [3.8, 4) is 0 Å². The molecule has 2 heterocycles. The van der Waals surface area contributed by atoms with E-state index in [0.717, 1.165) is 4.90 Å².